The Bertz CT molecular complexity index is 996. The van der Waals surface area contributed by atoms with Crippen LogP contribution in [-0.2, 0) is 9.59 Å². The van der Waals surface area contributed by atoms with Gasteiger partial charge in [-0.05, 0) is 54.7 Å². The Morgan fingerprint density at radius 2 is 1.76 bits per heavy atom. The van der Waals surface area contributed by atoms with Gasteiger partial charge in [0.2, 0.25) is 5.91 Å². The average molecular weight is 492 g/mol. The Morgan fingerprint density at radius 3 is 2.30 bits per heavy atom. The zero-order chi connectivity index (χ0) is 24.3. The first-order chi connectivity index (χ1) is 15.6. The monoisotopic (exact) mass is 491 g/mol. The van der Waals surface area contributed by atoms with Crippen LogP contribution >= 0.6 is 23.2 Å². The number of aliphatic carboxylic acids is 1. The van der Waals surface area contributed by atoms with Crippen LogP contribution in [0, 0.1) is 5.41 Å². The van der Waals surface area contributed by atoms with Crippen LogP contribution in [0.1, 0.15) is 69.5 Å². The van der Waals surface area contributed by atoms with Crippen LogP contribution in [0.25, 0.3) is 0 Å². The van der Waals surface area contributed by atoms with Gasteiger partial charge in [0, 0.05) is 16.0 Å². The van der Waals surface area contributed by atoms with E-state index >= 15 is 0 Å². The standard InChI is InChI=1S/C26H31Cl2NO4/c1-4-21(22(30)5-2)29-24(16-9-11-18(27)12-10-16)20(17-7-6-8-19(28)13-17)14-26(3,25(29)33)15-23(31)32/h6-13,20-22,24,30H,4-5,14-15H2,1-3H3,(H,31,32)/t20-,21+,22-,24-,26-/m1/s1. The molecule has 0 unspecified atom stereocenters. The molecule has 7 heteroatoms. The van der Waals surface area contributed by atoms with Crippen molar-refractivity contribution in [1.82, 2.24) is 4.90 Å². The predicted molar refractivity (Wildman–Crippen MR) is 131 cm³/mol. The summed E-state index contributed by atoms with van der Waals surface area (Å²) in [5, 5.41) is 21.7. The van der Waals surface area contributed by atoms with Gasteiger partial charge in [-0.3, -0.25) is 9.59 Å². The topological polar surface area (TPSA) is 77.8 Å². The second kappa shape index (κ2) is 10.5. The largest absolute Gasteiger partial charge is 0.481 e. The van der Waals surface area contributed by atoms with Gasteiger partial charge >= 0.3 is 5.97 Å². The Balaban J connectivity index is 2.25. The van der Waals surface area contributed by atoms with E-state index < -0.39 is 29.6 Å². The number of carbonyl (C=O) groups is 2. The van der Waals surface area contributed by atoms with Crippen LogP contribution in [0.4, 0.5) is 0 Å². The highest BCUT2D eigenvalue weighted by atomic mass is 35.5. The molecule has 2 aromatic carbocycles. The highest BCUT2D eigenvalue weighted by Crippen LogP contribution is 2.52. The normalized spacial score (nSPS) is 25.0. The third-order valence-electron chi connectivity index (χ3n) is 6.77. The van der Waals surface area contributed by atoms with E-state index in [9.17, 15) is 19.8 Å². The molecule has 1 aliphatic heterocycles. The number of halogens is 2. The van der Waals surface area contributed by atoms with Crippen molar-refractivity contribution in [2.45, 2.75) is 70.6 Å². The highest BCUT2D eigenvalue weighted by Gasteiger charge is 2.53. The minimum Gasteiger partial charge on any atom is -0.481 e. The predicted octanol–water partition coefficient (Wildman–Crippen LogP) is 6.08. The van der Waals surface area contributed by atoms with Crippen molar-refractivity contribution < 1.29 is 19.8 Å². The summed E-state index contributed by atoms with van der Waals surface area (Å²) in [6.45, 7) is 5.54. The Kier molecular flexibility index (Phi) is 8.09. The molecule has 0 aromatic heterocycles. The van der Waals surface area contributed by atoms with E-state index in [2.05, 4.69) is 0 Å². The lowest BCUT2D eigenvalue weighted by atomic mass is 9.66. The lowest BCUT2D eigenvalue weighted by molar-refractivity contribution is -0.163. The summed E-state index contributed by atoms with van der Waals surface area (Å²) in [5.74, 6) is -1.49. The molecule has 0 spiro atoms. The third-order valence-corrected chi connectivity index (χ3v) is 7.26. The molecule has 0 aliphatic carbocycles. The number of aliphatic hydroxyl groups is 1. The van der Waals surface area contributed by atoms with Crippen LogP contribution < -0.4 is 0 Å². The van der Waals surface area contributed by atoms with E-state index in [1.165, 1.54) is 0 Å². The zero-order valence-electron chi connectivity index (χ0n) is 19.2. The molecule has 0 radical (unpaired) electrons. The van der Waals surface area contributed by atoms with E-state index in [4.69, 9.17) is 23.2 Å². The molecule has 1 saturated heterocycles. The Hall–Kier alpha value is -2.08. The van der Waals surface area contributed by atoms with Gasteiger partial charge < -0.3 is 15.1 Å². The molecule has 1 aliphatic rings. The number of nitrogens with zero attached hydrogens (tertiary/aromatic N) is 1. The minimum atomic E-state index is -1.12. The van der Waals surface area contributed by atoms with Gasteiger partial charge in [0.15, 0.2) is 0 Å². The fourth-order valence-electron chi connectivity index (χ4n) is 5.17. The second-order valence-corrected chi connectivity index (χ2v) is 10.0. The molecular weight excluding hydrogens is 461 g/mol. The van der Waals surface area contributed by atoms with Crippen LogP contribution in [-0.4, -0.2) is 39.1 Å². The zero-order valence-corrected chi connectivity index (χ0v) is 20.7. The summed E-state index contributed by atoms with van der Waals surface area (Å²) >= 11 is 12.5. The van der Waals surface area contributed by atoms with Crippen LogP contribution in [0.3, 0.4) is 0 Å². The molecule has 178 valence electrons. The van der Waals surface area contributed by atoms with Crippen molar-refractivity contribution in [1.29, 1.82) is 0 Å². The molecule has 0 saturated carbocycles. The number of hydrogen-bond donors (Lipinski definition) is 2. The lowest BCUT2D eigenvalue weighted by Crippen LogP contribution is -2.58. The van der Waals surface area contributed by atoms with Crippen LogP contribution in [0.15, 0.2) is 48.5 Å². The molecule has 1 amide bonds. The molecule has 1 heterocycles. The fraction of sp³-hybridized carbons (Fsp3) is 0.462. The third kappa shape index (κ3) is 5.37. The van der Waals surface area contributed by atoms with Gasteiger partial charge in [-0.25, -0.2) is 0 Å². The van der Waals surface area contributed by atoms with Crippen molar-refractivity contribution >= 4 is 35.1 Å². The van der Waals surface area contributed by atoms with Crippen molar-refractivity contribution in [3.63, 3.8) is 0 Å². The second-order valence-electron chi connectivity index (χ2n) is 9.16. The van der Waals surface area contributed by atoms with E-state index in [1.807, 2.05) is 44.2 Å². The first kappa shape index (κ1) is 25.5. The summed E-state index contributed by atoms with van der Waals surface area (Å²) in [6, 6.07) is 14.0. The summed E-state index contributed by atoms with van der Waals surface area (Å²) in [7, 11) is 0. The van der Waals surface area contributed by atoms with Crippen LogP contribution in [0.5, 0.6) is 0 Å². The van der Waals surface area contributed by atoms with Crippen LogP contribution in [0.2, 0.25) is 10.0 Å². The maximum Gasteiger partial charge on any atom is 0.304 e. The van der Waals surface area contributed by atoms with E-state index in [-0.39, 0.29) is 18.2 Å². The first-order valence-electron chi connectivity index (χ1n) is 11.3. The smallest absolute Gasteiger partial charge is 0.304 e. The quantitative estimate of drug-likeness (QED) is 0.468. The molecule has 5 atom stereocenters. The number of aliphatic hydroxyl groups excluding tert-OH is 1. The molecule has 0 bridgehead atoms. The Morgan fingerprint density at radius 1 is 1.09 bits per heavy atom. The summed E-state index contributed by atoms with van der Waals surface area (Å²) < 4.78 is 0. The van der Waals surface area contributed by atoms with E-state index in [0.29, 0.717) is 29.3 Å². The van der Waals surface area contributed by atoms with E-state index in [0.717, 1.165) is 11.1 Å². The number of rotatable bonds is 8. The number of carboxylic acid groups (broad SMARTS) is 1. The summed E-state index contributed by atoms with van der Waals surface area (Å²) in [5.41, 5.74) is 0.692. The number of carboxylic acids is 1. The number of benzene rings is 2. The van der Waals surface area contributed by atoms with Gasteiger partial charge in [0.1, 0.15) is 0 Å². The SMILES string of the molecule is CC[C@@H](O)[C@H](CC)N1C(=O)[C@@](C)(CC(=O)O)C[C@H](c2cccc(Cl)c2)[C@H]1c1ccc(Cl)cc1. The lowest BCUT2D eigenvalue weighted by Gasteiger charge is -2.52. The highest BCUT2D eigenvalue weighted by molar-refractivity contribution is 6.30. The van der Waals surface area contributed by atoms with Gasteiger partial charge in [0.25, 0.3) is 0 Å². The summed E-state index contributed by atoms with van der Waals surface area (Å²) in [4.78, 5) is 27.5. The Labute approximate surface area is 205 Å². The number of piperidine rings is 1. The molecule has 2 aromatic rings. The molecule has 3 rings (SSSR count). The molecular formula is C26H31Cl2NO4. The maximum absolute atomic E-state index is 14.0. The summed E-state index contributed by atoms with van der Waals surface area (Å²) in [6.07, 6.45) is 0.344. The van der Waals surface area contributed by atoms with E-state index in [1.54, 1.807) is 30.0 Å². The number of likely N-dealkylation sites (tertiary alicyclic amines) is 1. The first-order valence-corrected chi connectivity index (χ1v) is 12.1. The fourth-order valence-corrected chi connectivity index (χ4v) is 5.50. The van der Waals surface area contributed by atoms with Crippen molar-refractivity contribution in [2.24, 2.45) is 5.41 Å². The number of amides is 1. The molecule has 1 fully saturated rings. The van der Waals surface area contributed by atoms with Gasteiger partial charge in [-0.1, -0.05) is 68.2 Å². The maximum atomic E-state index is 14.0. The van der Waals surface area contributed by atoms with Gasteiger partial charge in [-0.15, -0.1) is 0 Å². The van der Waals surface area contributed by atoms with Crippen molar-refractivity contribution in [2.75, 3.05) is 0 Å². The van der Waals surface area contributed by atoms with Crippen molar-refractivity contribution in [3.8, 4) is 0 Å². The number of carbonyl (C=O) groups excluding carboxylic acids is 1. The average Bonchev–Trinajstić information content (AvgIpc) is 2.77. The van der Waals surface area contributed by atoms with Gasteiger partial charge in [0.05, 0.1) is 30.0 Å². The number of hydrogen-bond acceptors (Lipinski definition) is 3. The van der Waals surface area contributed by atoms with Gasteiger partial charge in [-0.2, -0.15) is 0 Å². The molecule has 33 heavy (non-hydrogen) atoms. The molecule has 2 N–H and O–H groups in total. The van der Waals surface area contributed by atoms with Crippen molar-refractivity contribution in [3.05, 3.63) is 69.7 Å². The molecule has 5 nitrogen and oxygen atoms in total. The minimum absolute atomic E-state index is 0.218.